The van der Waals surface area contributed by atoms with E-state index < -0.39 is 0 Å². The molecule has 0 aromatic carbocycles. The second-order valence-electron chi connectivity index (χ2n) is 7.67. The van der Waals surface area contributed by atoms with Crippen LogP contribution in [0.3, 0.4) is 0 Å². The predicted octanol–water partition coefficient (Wildman–Crippen LogP) is 0.655. The maximum absolute atomic E-state index is 12.7. The van der Waals surface area contributed by atoms with Gasteiger partial charge in [-0.3, -0.25) is 24.7 Å². The Morgan fingerprint density at radius 3 is 2.66 bits per heavy atom. The van der Waals surface area contributed by atoms with Crippen molar-refractivity contribution in [2.45, 2.75) is 39.0 Å². The van der Waals surface area contributed by atoms with Crippen molar-refractivity contribution >= 4 is 22.9 Å². The molecule has 0 unspecified atom stereocenters. The van der Waals surface area contributed by atoms with E-state index in [1.807, 2.05) is 13.8 Å². The number of nitrogens with one attached hydrogen (secondary N) is 3. The topological polar surface area (TPSA) is 123 Å². The lowest BCUT2D eigenvalue weighted by Gasteiger charge is -2.19. The fourth-order valence-corrected chi connectivity index (χ4v) is 4.00. The molecule has 1 amide bonds. The van der Waals surface area contributed by atoms with Crippen molar-refractivity contribution in [3.05, 3.63) is 33.0 Å². The minimum atomic E-state index is -0.211. The Hall–Kier alpha value is -3.01. The Morgan fingerprint density at radius 1 is 1.21 bits per heavy atom. The number of aromatic nitrogens is 6. The molecule has 4 heterocycles. The Balaban J connectivity index is 1.55. The molecule has 1 fully saturated rings. The van der Waals surface area contributed by atoms with Crippen molar-refractivity contribution in [2.75, 3.05) is 18.4 Å². The lowest BCUT2D eigenvalue weighted by Crippen LogP contribution is -2.27. The van der Waals surface area contributed by atoms with E-state index in [1.54, 1.807) is 23.5 Å². The zero-order chi connectivity index (χ0) is 20.7. The summed E-state index contributed by atoms with van der Waals surface area (Å²) < 4.78 is 3.21. The maximum Gasteiger partial charge on any atom is 0.273 e. The number of nitrogens with zero attached hydrogens (tertiary/aromatic N) is 5. The molecule has 29 heavy (non-hydrogen) atoms. The number of fused-ring (bicyclic) bond motifs is 1. The predicted molar refractivity (Wildman–Crippen MR) is 109 cm³/mol. The van der Waals surface area contributed by atoms with Gasteiger partial charge in [-0.1, -0.05) is 0 Å². The molecule has 4 rings (SSSR count). The van der Waals surface area contributed by atoms with Crippen LogP contribution in [-0.4, -0.2) is 48.5 Å². The fourth-order valence-electron chi connectivity index (χ4n) is 4.00. The number of carbonyl (C=O) groups excluding carboxylic acids is 1. The van der Waals surface area contributed by atoms with Gasteiger partial charge in [-0.2, -0.15) is 10.1 Å². The molecular formula is C19H26N8O2. The minimum absolute atomic E-state index is 0.116. The van der Waals surface area contributed by atoms with E-state index in [4.69, 9.17) is 0 Å². The number of H-pyrrole nitrogens is 1. The highest BCUT2D eigenvalue weighted by atomic mass is 16.2. The first-order valence-corrected chi connectivity index (χ1v) is 9.81. The molecule has 0 bridgehead atoms. The van der Waals surface area contributed by atoms with E-state index >= 15 is 0 Å². The Bertz CT molecular complexity index is 1130. The van der Waals surface area contributed by atoms with Crippen molar-refractivity contribution < 1.29 is 4.79 Å². The van der Waals surface area contributed by atoms with Crippen LogP contribution < -0.4 is 16.2 Å². The minimum Gasteiger partial charge on any atom is -0.317 e. The molecule has 0 aliphatic carbocycles. The molecule has 10 heteroatoms. The van der Waals surface area contributed by atoms with Crippen molar-refractivity contribution in [1.82, 2.24) is 34.8 Å². The summed E-state index contributed by atoms with van der Waals surface area (Å²) in [5.74, 6) is 1.31. The van der Waals surface area contributed by atoms with E-state index in [-0.39, 0.29) is 17.9 Å². The monoisotopic (exact) mass is 398 g/mol. The normalized spacial score (nSPS) is 15.2. The molecule has 1 aliphatic heterocycles. The maximum atomic E-state index is 12.7. The number of piperidine rings is 1. The van der Waals surface area contributed by atoms with Gasteiger partial charge >= 0.3 is 0 Å². The van der Waals surface area contributed by atoms with Gasteiger partial charge in [-0.05, 0) is 50.9 Å². The zero-order valence-corrected chi connectivity index (χ0v) is 17.2. The van der Waals surface area contributed by atoms with E-state index in [9.17, 15) is 9.59 Å². The van der Waals surface area contributed by atoms with Gasteiger partial charge in [0.05, 0.1) is 11.8 Å². The first kappa shape index (κ1) is 19.3. The van der Waals surface area contributed by atoms with Crippen LogP contribution in [0.2, 0.25) is 0 Å². The molecule has 0 saturated carbocycles. The van der Waals surface area contributed by atoms with Gasteiger partial charge in [-0.25, -0.2) is 9.67 Å². The third kappa shape index (κ3) is 3.55. The highest BCUT2D eigenvalue weighted by Gasteiger charge is 2.22. The average molecular weight is 398 g/mol. The van der Waals surface area contributed by atoms with Crippen molar-refractivity contribution in [1.29, 1.82) is 0 Å². The van der Waals surface area contributed by atoms with Gasteiger partial charge in [0.15, 0.2) is 11.5 Å². The summed E-state index contributed by atoms with van der Waals surface area (Å²) in [5.41, 5.74) is 2.65. The summed E-state index contributed by atoms with van der Waals surface area (Å²) in [6, 6.07) is 0. The van der Waals surface area contributed by atoms with Gasteiger partial charge in [0, 0.05) is 25.7 Å². The Kier molecular flexibility index (Phi) is 4.95. The van der Waals surface area contributed by atoms with Crippen molar-refractivity contribution in [3.63, 3.8) is 0 Å². The number of aromatic amines is 1. The summed E-state index contributed by atoms with van der Waals surface area (Å²) in [7, 11) is 3.52. The Morgan fingerprint density at radius 2 is 1.93 bits per heavy atom. The molecule has 154 valence electrons. The summed E-state index contributed by atoms with van der Waals surface area (Å²) in [6.07, 6.45) is 2.10. The van der Waals surface area contributed by atoms with Crippen LogP contribution in [0.15, 0.2) is 4.79 Å². The molecule has 3 aromatic heterocycles. The quantitative estimate of drug-likeness (QED) is 0.593. The number of amides is 1. The van der Waals surface area contributed by atoms with Crippen molar-refractivity contribution in [3.8, 4) is 0 Å². The molecule has 1 saturated heterocycles. The third-order valence-corrected chi connectivity index (χ3v) is 5.65. The van der Waals surface area contributed by atoms with Crippen LogP contribution in [0.4, 0.5) is 5.95 Å². The molecule has 0 radical (unpaired) electrons. The van der Waals surface area contributed by atoms with Crippen LogP contribution in [-0.2, 0) is 25.3 Å². The van der Waals surface area contributed by atoms with Crippen LogP contribution in [0.5, 0.6) is 0 Å². The molecule has 0 spiro atoms. The molecule has 1 aliphatic rings. The zero-order valence-electron chi connectivity index (χ0n) is 17.2. The molecule has 3 aromatic rings. The lowest BCUT2D eigenvalue weighted by molar-refractivity contribution is -0.115. The number of anilines is 1. The smallest absolute Gasteiger partial charge is 0.273 e. The second kappa shape index (κ2) is 7.43. The summed E-state index contributed by atoms with van der Waals surface area (Å²) in [5, 5.41) is 13.9. The summed E-state index contributed by atoms with van der Waals surface area (Å²) in [6.45, 7) is 5.62. The number of pyridine rings is 1. The van der Waals surface area contributed by atoms with Crippen LogP contribution >= 0.6 is 0 Å². The van der Waals surface area contributed by atoms with E-state index in [0.29, 0.717) is 22.9 Å². The average Bonchev–Trinajstić information content (AvgIpc) is 3.18. The first-order valence-electron chi connectivity index (χ1n) is 9.81. The van der Waals surface area contributed by atoms with E-state index in [0.717, 1.165) is 48.6 Å². The third-order valence-electron chi connectivity index (χ3n) is 5.65. The Labute approximate surface area is 167 Å². The van der Waals surface area contributed by atoms with E-state index in [1.165, 1.54) is 0 Å². The van der Waals surface area contributed by atoms with Gasteiger partial charge in [0.25, 0.3) is 5.56 Å². The highest BCUT2D eigenvalue weighted by molar-refractivity contribution is 5.92. The first-order chi connectivity index (χ1) is 13.8. The van der Waals surface area contributed by atoms with Gasteiger partial charge in [0.1, 0.15) is 0 Å². The molecular weight excluding hydrogens is 372 g/mol. The highest BCUT2D eigenvalue weighted by Crippen LogP contribution is 2.24. The number of carbonyl (C=O) groups is 1. The van der Waals surface area contributed by atoms with Crippen molar-refractivity contribution in [2.24, 2.45) is 14.1 Å². The standard InChI is InChI=1S/C19H26N8O2/c1-10-13(11(2)21-17-15(10)18(29)25-26(17)3)9-14(28)22-19-23-16(24-27(19)4)12-5-7-20-8-6-12/h12,20H,5-9H2,1-4H3,(H,25,29)(H,22,23,24,28). The van der Waals surface area contributed by atoms with Crippen LogP contribution in [0, 0.1) is 13.8 Å². The van der Waals surface area contributed by atoms with Crippen LogP contribution in [0.25, 0.3) is 11.0 Å². The number of hydrogen-bond acceptors (Lipinski definition) is 6. The number of hydrogen-bond donors (Lipinski definition) is 3. The second-order valence-corrected chi connectivity index (χ2v) is 7.67. The van der Waals surface area contributed by atoms with Gasteiger partial charge in [-0.15, -0.1) is 0 Å². The fraction of sp³-hybridized carbons (Fsp3) is 0.526. The molecule has 0 atom stereocenters. The summed E-state index contributed by atoms with van der Waals surface area (Å²) in [4.78, 5) is 34.0. The number of rotatable bonds is 4. The molecule has 10 nitrogen and oxygen atoms in total. The lowest BCUT2D eigenvalue weighted by atomic mass is 9.98. The van der Waals surface area contributed by atoms with Crippen LogP contribution in [0.1, 0.15) is 41.4 Å². The van der Waals surface area contributed by atoms with Gasteiger partial charge < -0.3 is 5.32 Å². The van der Waals surface area contributed by atoms with Gasteiger partial charge in [0.2, 0.25) is 11.9 Å². The SMILES string of the molecule is Cc1nc2c(c(C)c1CC(=O)Nc1nc(C3CCNCC3)nn1C)c(=O)[nH]n2C. The number of aryl methyl sites for hydroxylation is 4. The molecule has 3 N–H and O–H groups in total. The largest absolute Gasteiger partial charge is 0.317 e. The van der Waals surface area contributed by atoms with E-state index in [2.05, 4.69) is 30.8 Å². The summed E-state index contributed by atoms with van der Waals surface area (Å²) >= 11 is 0.